The molecule has 1 N–H and O–H groups in total. The lowest BCUT2D eigenvalue weighted by molar-refractivity contribution is 0.556. The molecule has 1 saturated carbocycles. The summed E-state index contributed by atoms with van der Waals surface area (Å²) in [7, 11) is 0. The Morgan fingerprint density at radius 3 is 2.73 bits per heavy atom. The molecule has 1 aliphatic rings. The third kappa shape index (κ3) is 2.65. The second kappa shape index (κ2) is 4.73. The standard InChI is InChI=1S/C13H18IN/c1-9-6-7-11(8-12(9)14)15-13-5-3-4-10(13)2/h6-8,10,13,15H,3-5H2,1-2H3. The van der Waals surface area contributed by atoms with Crippen LogP contribution >= 0.6 is 22.6 Å². The van der Waals surface area contributed by atoms with E-state index in [0.717, 1.165) is 5.92 Å². The van der Waals surface area contributed by atoms with E-state index in [0.29, 0.717) is 6.04 Å². The molecule has 15 heavy (non-hydrogen) atoms. The van der Waals surface area contributed by atoms with Crippen LogP contribution in [0.5, 0.6) is 0 Å². The molecule has 82 valence electrons. The first-order chi connectivity index (χ1) is 7.16. The summed E-state index contributed by atoms with van der Waals surface area (Å²) >= 11 is 2.40. The molecule has 0 aliphatic heterocycles. The smallest absolute Gasteiger partial charge is 0.0353 e. The molecule has 1 fully saturated rings. The average molecular weight is 315 g/mol. The van der Waals surface area contributed by atoms with E-state index in [2.05, 4.69) is 60.0 Å². The summed E-state index contributed by atoms with van der Waals surface area (Å²) in [6.45, 7) is 4.51. The van der Waals surface area contributed by atoms with Gasteiger partial charge in [0.05, 0.1) is 0 Å². The summed E-state index contributed by atoms with van der Waals surface area (Å²) in [5.74, 6) is 0.823. The number of aryl methyl sites for hydroxylation is 1. The largest absolute Gasteiger partial charge is 0.382 e. The minimum atomic E-state index is 0.684. The zero-order chi connectivity index (χ0) is 10.8. The molecule has 1 nitrogen and oxygen atoms in total. The van der Waals surface area contributed by atoms with Crippen molar-refractivity contribution in [1.82, 2.24) is 0 Å². The Morgan fingerprint density at radius 2 is 2.13 bits per heavy atom. The highest BCUT2D eigenvalue weighted by molar-refractivity contribution is 14.1. The normalized spacial score (nSPS) is 25.5. The molecule has 1 aromatic carbocycles. The predicted molar refractivity (Wildman–Crippen MR) is 74.3 cm³/mol. The zero-order valence-corrected chi connectivity index (χ0v) is 11.5. The first kappa shape index (κ1) is 11.2. The molecule has 2 heteroatoms. The molecule has 0 spiro atoms. The van der Waals surface area contributed by atoms with Crippen molar-refractivity contribution in [2.45, 2.75) is 39.2 Å². The van der Waals surface area contributed by atoms with E-state index in [4.69, 9.17) is 0 Å². The van der Waals surface area contributed by atoms with Crippen LogP contribution in [0.2, 0.25) is 0 Å². The summed E-state index contributed by atoms with van der Waals surface area (Å²) in [5.41, 5.74) is 2.64. The number of hydrogen-bond acceptors (Lipinski definition) is 1. The van der Waals surface area contributed by atoms with Gasteiger partial charge in [0.15, 0.2) is 0 Å². The van der Waals surface area contributed by atoms with Crippen LogP contribution in [-0.4, -0.2) is 6.04 Å². The lowest BCUT2D eigenvalue weighted by Gasteiger charge is -2.19. The van der Waals surface area contributed by atoms with Crippen molar-refractivity contribution in [3.63, 3.8) is 0 Å². The van der Waals surface area contributed by atoms with E-state index >= 15 is 0 Å². The van der Waals surface area contributed by atoms with Crippen molar-refractivity contribution < 1.29 is 0 Å². The fourth-order valence-electron chi connectivity index (χ4n) is 2.26. The maximum absolute atomic E-state index is 3.65. The molecule has 0 heterocycles. The van der Waals surface area contributed by atoms with Gasteiger partial charge >= 0.3 is 0 Å². The number of benzene rings is 1. The molecule has 0 amide bonds. The summed E-state index contributed by atoms with van der Waals surface area (Å²) in [6.07, 6.45) is 4.08. The summed E-state index contributed by atoms with van der Waals surface area (Å²) in [5, 5.41) is 3.65. The Hall–Kier alpha value is -0.250. The van der Waals surface area contributed by atoms with Crippen LogP contribution in [0.25, 0.3) is 0 Å². The third-order valence-electron chi connectivity index (χ3n) is 3.39. The molecule has 0 saturated heterocycles. The predicted octanol–water partition coefficient (Wildman–Crippen LogP) is 4.20. The lowest BCUT2D eigenvalue weighted by atomic mass is 10.1. The van der Waals surface area contributed by atoms with Crippen LogP contribution in [0.3, 0.4) is 0 Å². The first-order valence-electron chi connectivity index (χ1n) is 5.69. The Labute approximate surface area is 106 Å². The van der Waals surface area contributed by atoms with Gasteiger partial charge in [-0.2, -0.15) is 0 Å². The summed E-state index contributed by atoms with van der Waals surface area (Å²) in [4.78, 5) is 0. The van der Waals surface area contributed by atoms with Gasteiger partial charge in [0.1, 0.15) is 0 Å². The van der Waals surface area contributed by atoms with Gasteiger partial charge in [0.25, 0.3) is 0 Å². The fourth-order valence-corrected chi connectivity index (χ4v) is 2.77. The Bertz CT molecular complexity index is 348. The van der Waals surface area contributed by atoms with E-state index in [1.165, 1.54) is 34.1 Å². The van der Waals surface area contributed by atoms with Gasteiger partial charge in [-0.15, -0.1) is 0 Å². The third-order valence-corrected chi connectivity index (χ3v) is 4.55. The SMILES string of the molecule is Cc1ccc(NC2CCCC2C)cc1I. The van der Waals surface area contributed by atoms with Crippen molar-refractivity contribution in [2.24, 2.45) is 5.92 Å². The number of hydrogen-bond donors (Lipinski definition) is 1. The van der Waals surface area contributed by atoms with Crippen molar-refractivity contribution in [1.29, 1.82) is 0 Å². The van der Waals surface area contributed by atoms with Gasteiger partial charge in [-0.05, 0) is 66.0 Å². The van der Waals surface area contributed by atoms with Crippen molar-refractivity contribution in [3.05, 3.63) is 27.3 Å². The monoisotopic (exact) mass is 315 g/mol. The van der Waals surface area contributed by atoms with E-state index in [-0.39, 0.29) is 0 Å². The van der Waals surface area contributed by atoms with Crippen LogP contribution in [0.1, 0.15) is 31.7 Å². The molecule has 2 atom stereocenters. The molecule has 1 aromatic rings. The Kier molecular flexibility index (Phi) is 3.54. The van der Waals surface area contributed by atoms with Gasteiger partial charge in [-0.1, -0.05) is 19.4 Å². The van der Waals surface area contributed by atoms with Crippen LogP contribution < -0.4 is 5.32 Å². The Morgan fingerprint density at radius 1 is 1.33 bits per heavy atom. The van der Waals surface area contributed by atoms with E-state index in [9.17, 15) is 0 Å². The lowest BCUT2D eigenvalue weighted by Crippen LogP contribution is -2.21. The van der Waals surface area contributed by atoms with E-state index < -0.39 is 0 Å². The van der Waals surface area contributed by atoms with Gasteiger partial charge < -0.3 is 5.32 Å². The summed E-state index contributed by atoms with van der Waals surface area (Å²) < 4.78 is 1.35. The van der Waals surface area contributed by atoms with Crippen LogP contribution in [0.4, 0.5) is 5.69 Å². The molecule has 1 aliphatic carbocycles. The molecular weight excluding hydrogens is 297 g/mol. The molecule has 0 bridgehead atoms. The molecule has 0 radical (unpaired) electrons. The van der Waals surface area contributed by atoms with Crippen molar-refractivity contribution >= 4 is 28.3 Å². The fraction of sp³-hybridized carbons (Fsp3) is 0.538. The number of anilines is 1. The highest BCUT2D eigenvalue weighted by Crippen LogP contribution is 2.28. The van der Waals surface area contributed by atoms with Crippen molar-refractivity contribution in [3.8, 4) is 0 Å². The summed E-state index contributed by atoms with van der Waals surface area (Å²) in [6, 6.07) is 7.33. The first-order valence-corrected chi connectivity index (χ1v) is 6.77. The van der Waals surface area contributed by atoms with E-state index in [1.54, 1.807) is 0 Å². The highest BCUT2D eigenvalue weighted by Gasteiger charge is 2.22. The van der Waals surface area contributed by atoms with Crippen molar-refractivity contribution in [2.75, 3.05) is 5.32 Å². The minimum Gasteiger partial charge on any atom is -0.382 e. The number of halogens is 1. The number of nitrogens with one attached hydrogen (secondary N) is 1. The average Bonchev–Trinajstić information content (AvgIpc) is 2.59. The topological polar surface area (TPSA) is 12.0 Å². The second-order valence-corrected chi connectivity index (χ2v) is 5.79. The highest BCUT2D eigenvalue weighted by atomic mass is 127. The zero-order valence-electron chi connectivity index (χ0n) is 9.39. The Balaban J connectivity index is 2.07. The van der Waals surface area contributed by atoms with E-state index in [1.807, 2.05) is 0 Å². The number of rotatable bonds is 2. The molecule has 0 aromatic heterocycles. The van der Waals surface area contributed by atoms with Gasteiger partial charge in [-0.25, -0.2) is 0 Å². The van der Waals surface area contributed by atoms with Crippen LogP contribution in [0, 0.1) is 16.4 Å². The molecule has 2 rings (SSSR count). The van der Waals surface area contributed by atoms with Gasteiger partial charge in [0.2, 0.25) is 0 Å². The second-order valence-electron chi connectivity index (χ2n) is 4.62. The maximum Gasteiger partial charge on any atom is 0.0353 e. The molecular formula is C13H18IN. The quantitative estimate of drug-likeness (QED) is 0.807. The minimum absolute atomic E-state index is 0.684. The van der Waals surface area contributed by atoms with Gasteiger partial charge in [0, 0.05) is 15.3 Å². The molecule has 2 unspecified atom stereocenters. The van der Waals surface area contributed by atoms with Gasteiger partial charge in [-0.3, -0.25) is 0 Å². The van der Waals surface area contributed by atoms with Crippen LogP contribution in [0.15, 0.2) is 18.2 Å². The van der Waals surface area contributed by atoms with Crippen LogP contribution in [-0.2, 0) is 0 Å². The maximum atomic E-state index is 3.65.